The number of carbonyl (C=O) groups is 1. The zero-order valence-electron chi connectivity index (χ0n) is 9.91. The molecule has 0 aliphatic carbocycles. The Balaban J connectivity index is 4.56. The van der Waals surface area contributed by atoms with Gasteiger partial charge in [0.25, 0.3) is 0 Å². The second-order valence-corrected chi connectivity index (χ2v) is 4.06. The highest BCUT2D eigenvalue weighted by atomic mass is 35.5. The van der Waals surface area contributed by atoms with Crippen LogP contribution < -0.4 is 5.32 Å². The van der Waals surface area contributed by atoms with E-state index >= 15 is 0 Å². The van der Waals surface area contributed by atoms with Crippen molar-refractivity contribution < 1.29 is 9.53 Å². The molecule has 16 heavy (non-hydrogen) atoms. The fourth-order valence-corrected chi connectivity index (χ4v) is 1.55. The normalized spacial score (nSPS) is 14.6. The van der Waals surface area contributed by atoms with E-state index in [-0.39, 0.29) is 11.5 Å². The maximum Gasteiger partial charge on any atom is 0.335 e. The van der Waals surface area contributed by atoms with Crippen molar-refractivity contribution in [3.8, 4) is 0 Å². The van der Waals surface area contributed by atoms with E-state index in [1.54, 1.807) is 20.8 Å². The van der Waals surface area contributed by atoms with E-state index in [1.807, 2.05) is 6.26 Å². The van der Waals surface area contributed by atoms with Crippen molar-refractivity contribution in [2.45, 2.75) is 26.3 Å². The molecule has 0 rings (SSSR count). The number of thioether (sulfide) groups is 1. The second kappa shape index (κ2) is 8.47. The van der Waals surface area contributed by atoms with Crippen molar-refractivity contribution in [2.75, 3.05) is 12.9 Å². The van der Waals surface area contributed by atoms with Crippen LogP contribution in [0.2, 0.25) is 0 Å². The highest BCUT2D eigenvalue weighted by Gasteiger charge is 2.11. The average Bonchev–Trinajstić information content (AvgIpc) is 2.27. The molecule has 4 nitrogen and oxygen atoms in total. The Morgan fingerprint density at radius 1 is 1.62 bits per heavy atom. The van der Waals surface area contributed by atoms with Crippen molar-refractivity contribution in [1.29, 1.82) is 0 Å². The van der Waals surface area contributed by atoms with Gasteiger partial charge in [0, 0.05) is 5.70 Å². The number of hydrogen-bond acceptors (Lipinski definition) is 5. The monoisotopic (exact) mass is 264 g/mol. The summed E-state index contributed by atoms with van der Waals surface area (Å²) in [7, 11) is 0. The fourth-order valence-electron chi connectivity index (χ4n) is 0.894. The first-order chi connectivity index (χ1) is 7.56. The molecule has 6 heteroatoms. The summed E-state index contributed by atoms with van der Waals surface area (Å²) in [6, 6.07) is 0. The molecule has 0 aromatic rings. The molecule has 1 N–H and O–H groups in total. The Morgan fingerprint density at radius 3 is 2.69 bits per heavy atom. The van der Waals surface area contributed by atoms with Gasteiger partial charge >= 0.3 is 5.97 Å². The summed E-state index contributed by atoms with van der Waals surface area (Å²) in [6.07, 6.45) is 1.90. The number of halogens is 1. The smallest absolute Gasteiger partial charge is 0.335 e. The average molecular weight is 265 g/mol. The molecule has 0 spiro atoms. The number of aliphatic imine (C=N–C) groups is 1. The van der Waals surface area contributed by atoms with Crippen LogP contribution >= 0.6 is 23.4 Å². The lowest BCUT2D eigenvalue weighted by atomic mass is 10.2. The lowest BCUT2D eigenvalue weighted by molar-refractivity contribution is -0.138. The van der Waals surface area contributed by atoms with E-state index in [9.17, 15) is 4.79 Å². The minimum Gasteiger partial charge on any atom is -0.463 e. The van der Waals surface area contributed by atoms with E-state index in [2.05, 4.69) is 10.3 Å². The molecule has 0 saturated heterocycles. The Kier molecular flexibility index (Phi) is 8.11. The molecule has 0 radical (unpaired) electrons. The molecular weight excluding hydrogens is 248 g/mol. The number of nitrogens with one attached hydrogen (secondary N) is 1. The third-order valence-corrected chi connectivity index (χ3v) is 2.70. The first-order valence-electron chi connectivity index (χ1n) is 4.82. The zero-order valence-corrected chi connectivity index (χ0v) is 11.5. The molecule has 1 unspecified atom stereocenters. The van der Waals surface area contributed by atoms with Crippen LogP contribution in [0.4, 0.5) is 0 Å². The van der Waals surface area contributed by atoms with Crippen LogP contribution in [0.5, 0.6) is 0 Å². The first kappa shape index (κ1) is 15.3. The second-order valence-electron chi connectivity index (χ2n) is 2.95. The Bertz CT molecular complexity index is 293. The minimum atomic E-state index is -0.317. The SMILES string of the molecule is CCOC(=O)/C(C)=C(\C)NC(N=CCl)SC. The van der Waals surface area contributed by atoms with E-state index < -0.39 is 0 Å². The van der Waals surface area contributed by atoms with Crippen LogP contribution in [0.1, 0.15) is 20.8 Å². The number of esters is 1. The third kappa shape index (κ3) is 5.42. The first-order valence-corrected chi connectivity index (χ1v) is 6.55. The van der Waals surface area contributed by atoms with Gasteiger partial charge in [-0.15, -0.1) is 11.8 Å². The van der Waals surface area contributed by atoms with Crippen LogP contribution in [-0.4, -0.2) is 30.0 Å². The van der Waals surface area contributed by atoms with Gasteiger partial charge in [-0.05, 0) is 27.0 Å². The maximum absolute atomic E-state index is 11.4. The topological polar surface area (TPSA) is 50.7 Å². The molecule has 1 atom stereocenters. The number of allylic oxidation sites excluding steroid dienone is 1. The molecule has 0 aromatic heterocycles. The Hall–Kier alpha value is -0.680. The summed E-state index contributed by atoms with van der Waals surface area (Å²) in [5, 5.41) is 3.07. The molecule has 0 aromatic carbocycles. The van der Waals surface area contributed by atoms with Gasteiger partial charge < -0.3 is 10.1 Å². The number of nitrogens with zero attached hydrogens (tertiary/aromatic N) is 1. The summed E-state index contributed by atoms with van der Waals surface area (Å²) < 4.78 is 4.89. The van der Waals surface area contributed by atoms with E-state index in [0.29, 0.717) is 12.2 Å². The fraction of sp³-hybridized carbons (Fsp3) is 0.600. The third-order valence-electron chi connectivity index (χ3n) is 1.90. The molecule has 0 amide bonds. The van der Waals surface area contributed by atoms with Gasteiger partial charge in [-0.1, -0.05) is 11.6 Å². The standard InChI is InChI=1S/C10H17ClN2O2S/c1-5-15-9(14)7(2)8(3)13-10(16-4)12-6-11/h6,10,13H,5H2,1-4H3/b8-7+,12-6?. The Labute approximate surface area is 105 Å². The number of rotatable bonds is 6. The van der Waals surface area contributed by atoms with E-state index in [4.69, 9.17) is 16.3 Å². The Morgan fingerprint density at radius 2 is 2.25 bits per heavy atom. The van der Waals surface area contributed by atoms with Crippen molar-refractivity contribution in [2.24, 2.45) is 4.99 Å². The zero-order chi connectivity index (χ0) is 12.6. The lowest BCUT2D eigenvalue weighted by Crippen LogP contribution is -2.24. The van der Waals surface area contributed by atoms with Gasteiger partial charge in [-0.3, -0.25) is 0 Å². The van der Waals surface area contributed by atoms with Crippen molar-refractivity contribution >= 4 is 35.0 Å². The van der Waals surface area contributed by atoms with Gasteiger partial charge in [-0.25, -0.2) is 9.79 Å². The lowest BCUT2D eigenvalue weighted by Gasteiger charge is -2.15. The van der Waals surface area contributed by atoms with Crippen LogP contribution in [0.25, 0.3) is 0 Å². The molecule has 0 bridgehead atoms. The quantitative estimate of drug-likeness (QED) is 0.346. The summed E-state index contributed by atoms with van der Waals surface area (Å²) in [6.45, 7) is 5.66. The van der Waals surface area contributed by atoms with Crippen LogP contribution in [0.3, 0.4) is 0 Å². The molecule has 92 valence electrons. The largest absolute Gasteiger partial charge is 0.463 e. The van der Waals surface area contributed by atoms with E-state index in [1.165, 1.54) is 17.4 Å². The molecular formula is C10H17ClN2O2S. The molecule has 0 heterocycles. The number of hydrogen-bond donors (Lipinski definition) is 1. The van der Waals surface area contributed by atoms with Crippen LogP contribution in [0, 0.1) is 0 Å². The number of carbonyl (C=O) groups excluding carboxylic acids is 1. The highest BCUT2D eigenvalue weighted by molar-refractivity contribution is 7.99. The predicted molar refractivity (Wildman–Crippen MR) is 69.8 cm³/mol. The van der Waals surface area contributed by atoms with Gasteiger partial charge in [-0.2, -0.15) is 0 Å². The minimum absolute atomic E-state index is 0.193. The van der Waals surface area contributed by atoms with Crippen LogP contribution in [-0.2, 0) is 9.53 Å². The van der Waals surface area contributed by atoms with E-state index in [0.717, 1.165) is 5.70 Å². The highest BCUT2D eigenvalue weighted by Crippen LogP contribution is 2.10. The summed E-state index contributed by atoms with van der Waals surface area (Å²) in [4.78, 5) is 15.4. The molecule has 0 fully saturated rings. The van der Waals surface area contributed by atoms with Gasteiger partial charge in [0.15, 0.2) is 5.50 Å². The number of ether oxygens (including phenoxy) is 1. The van der Waals surface area contributed by atoms with Crippen LogP contribution in [0.15, 0.2) is 16.3 Å². The van der Waals surface area contributed by atoms with Gasteiger partial charge in [0.2, 0.25) is 0 Å². The molecule has 0 saturated carbocycles. The van der Waals surface area contributed by atoms with Crippen molar-refractivity contribution in [3.05, 3.63) is 11.3 Å². The van der Waals surface area contributed by atoms with Crippen molar-refractivity contribution in [1.82, 2.24) is 5.32 Å². The van der Waals surface area contributed by atoms with Crippen molar-refractivity contribution in [3.63, 3.8) is 0 Å². The van der Waals surface area contributed by atoms with Gasteiger partial charge in [0.1, 0.15) is 0 Å². The summed E-state index contributed by atoms with van der Waals surface area (Å²) >= 11 is 6.88. The molecule has 0 aliphatic heterocycles. The maximum atomic E-state index is 11.4. The predicted octanol–water partition coefficient (Wildman–Crippen LogP) is 2.35. The summed E-state index contributed by atoms with van der Waals surface area (Å²) in [5.74, 6) is -0.317. The molecule has 0 aliphatic rings. The van der Waals surface area contributed by atoms with Gasteiger partial charge in [0.05, 0.1) is 17.9 Å². The summed E-state index contributed by atoms with van der Waals surface area (Å²) in [5.41, 5.74) is 2.30.